The minimum Gasteiger partial charge on any atom is -0.460 e. The lowest BCUT2D eigenvalue weighted by molar-refractivity contribution is -0.158. The van der Waals surface area contributed by atoms with E-state index >= 15 is 0 Å². The molecule has 2 N–H and O–H groups in total. The van der Waals surface area contributed by atoms with E-state index in [0.29, 0.717) is 25.9 Å². The van der Waals surface area contributed by atoms with Crippen molar-refractivity contribution in [3.8, 4) is 0 Å². The number of amides is 2. The van der Waals surface area contributed by atoms with Crippen molar-refractivity contribution in [1.82, 2.24) is 4.90 Å². The van der Waals surface area contributed by atoms with Crippen LogP contribution in [0.15, 0.2) is 30.3 Å². The van der Waals surface area contributed by atoms with Crippen LogP contribution in [0.2, 0.25) is 0 Å². The molecule has 1 aliphatic rings. The van der Waals surface area contributed by atoms with E-state index in [1.807, 2.05) is 37.3 Å². The van der Waals surface area contributed by atoms with Gasteiger partial charge in [0.2, 0.25) is 0 Å². The number of hydrogen-bond acceptors (Lipinski definition) is 3. The molecule has 5 nitrogen and oxygen atoms in total. The average molecular weight is 276 g/mol. The van der Waals surface area contributed by atoms with E-state index in [1.54, 1.807) is 4.90 Å². The summed E-state index contributed by atoms with van der Waals surface area (Å²) in [6.45, 7) is 3.19. The second kappa shape index (κ2) is 5.94. The number of carbonyl (C=O) groups excluding carboxylic acids is 2. The number of urea groups is 1. The predicted octanol–water partition coefficient (Wildman–Crippen LogP) is 1.91. The van der Waals surface area contributed by atoms with Gasteiger partial charge in [-0.2, -0.15) is 0 Å². The molecule has 2 amide bonds. The van der Waals surface area contributed by atoms with Gasteiger partial charge >= 0.3 is 12.0 Å². The summed E-state index contributed by atoms with van der Waals surface area (Å²) < 4.78 is 5.39. The number of esters is 1. The van der Waals surface area contributed by atoms with E-state index in [4.69, 9.17) is 10.5 Å². The van der Waals surface area contributed by atoms with E-state index in [0.717, 1.165) is 5.56 Å². The lowest BCUT2D eigenvalue weighted by Gasteiger charge is -2.36. The fourth-order valence-electron chi connectivity index (χ4n) is 2.32. The van der Waals surface area contributed by atoms with Gasteiger partial charge in [0, 0.05) is 13.1 Å². The predicted molar refractivity (Wildman–Crippen MR) is 74.7 cm³/mol. The van der Waals surface area contributed by atoms with Crippen molar-refractivity contribution in [2.75, 3.05) is 13.1 Å². The van der Waals surface area contributed by atoms with Crippen LogP contribution in [0.25, 0.3) is 0 Å². The Morgan fingerprint density at radius 2 is 1.85 bits per heavy atom. The first-order chi connectivity index (χ1) is 9.51. The van der Waals surface area contributed by atoms with Crippen molar-refractivity contribution in [3.63, 3.8) is 0 Å². The highest BCUT2D eigenvalue weighted by molar-refractivity contribution is 5.77. The SMILES string of the molecule is CC1(C(=O)OCc2ccccc2)CCN(C(N)=O)CC1. The van der Waals surface area contributed by atoms with Crippen LogP contribution >= 0.6 is 0 Å². The van der Waals surface area contributed by atoms with Gasteiger partial charge < -0.3 is 15.4 Å². The highest BCUT2D eigenvalue weighted by Crippen LogP contribution is 2.32. The molecule has 1 aromatic rings. The number of piperidine rings is 1. The molecular weight excluding hydrogens is 256 g/mol. The summed E-state index contributed by atoms with van der Waals surface area (Å²) in [5.41, 5.74) is 5.68. The number of nitrogens with zero attached hydrogens (tertiary/aromatic N) is 1. The van der Waals surface area contributed by atoms with Crippen molar-refractivity contribution in [1.29, 1.82) is 0 Å². The van der Waals surface area contributed by atoms with Crippen molar-refractivity contribution in [2.45, 2.75) is 26.4 Å². The van der Waals surface area contributed by atoms with E-state index in [9.17, 15) is 9.59 Å². The molecule has 0 saturated carbocycles. The molecule has 5 heteroatoms. The molecule has 0 radical (unpaired) electrons. The number of nitrogens with two attached hydrogens (primary N) is 1. The van der Waals surface area contributed by atoms with Crippen LogP contribution in [0.3, 0.4) is 0 Å². The number of rotatable bonds is 3. The van der Waals surface area contributed by atoms with Crippen molar-refractivity contribution in [3.05, 3.63) is 35.9 Å². The molecule has 0 unspecified atom stereocenters. The van der Waals surface area contributed by atoms with Crippen LogP contribution in [0.4, 0.5) is 4.79 Å². The van der Waals surface area contributed by atoms with Gasteiger partial charge in [0.1, 0.15) is 6.61 Å². The smallest absolute Gasteiger partial charge is 0.314 e. The minimum atomic E-state index is -0.527. The molecule has 0 atom stereocenters. The highest BCUT2D eigenvalue weighted by atomic mass is 16.5. The third kappa shape index (κ3) is 3.29. The van der Waals surface area contributed by atoms with Crippen LogP contribution in [0.5, 0.6) is 0 Å². The topological polar surface area (TPSA) is 72.6 Å². The summed E-state index contributed by atoms with van der Waals surface area (Å²) in [5, 5.41) is 0. The van der Waals surface area contributed by atoms with Crippen LogP contribution in [0, 0.1) is 5.41 Å². The van der Waals surface area contributed by atoms with Gasteiger partial charge in [0.05, 0.1) is 5.41 Å². The Kier molecular flexibility index (Phi) is 4.27. The van der Waals surface area contributed by atoms with Crippen LogP contribution < -0.4 is 5.73 Å². The second-order valence-electron chi connectivity index (χ2n) is 5.45. The Balaban J connectivity index is 1.88. The van der Waals surface area contributed by atoms with Gasteiger partial charge in [-0.05, 0) is 25.3 Å². The van der Waals surface area contributed by atoms with Crippen molar-refractivity contribution >= 4 is 12.0 Å². The van der Waals surface area contributed by atoms with Gasteiger partial charge in [-0.25, -0.2) is 4.79 Å². The quantitative estimate of drug-likeness (QED) is 0.857. The van der Waals surface area contributed by atoms with E-state index in [-0.39, 0.29) is 12.6 Å². The second-order valence-corrected chi connectivity index (χ2v) is 5.45. The van der Waals surface area contributed by atoms with E-state index in [2.05, 4.69) is 0 Å². The molecule has 2 rings (SSSR count). The Labute approximate surface area is 118 Å². The highest BCUT2D eigenvalue weighted by Gasteiger charge is 2.39. The summed E-state index contributed by atoms with van der Waals surface area (Å²) in [6, 6.07) is 9.17. The number of likely N-dealkylation sites (tertiary alicyclic amines) is 1. The molecule has 0 spiro atoms. The molecule has 1 saturated heterocycles. The molecule has 1 heterocycles. The minimum absolute atomic E-state index is 0.203. The molecule has 0 aliphatic carbocycles. The number of carbonyl (C=O) groups is 2. The zero-order valence-electron chi connectivity index (χ0n) is 11.7. The maximum atomic E-state index is 12.2. The average Bonchev–Trinajstić information content (AvgIpc) is 2.46. The molecule has 1 aliphatic heterocycles. The van der Waals surface area contributed by atoms with Crippen LogP contribution in [-0.4, -0.2) is 30.0 Å². The first-order valence-electron chi connectivity index (χ1n) is 6.77. The zero-order valence-corrected chi connectivity index (χ0v) is 11.7. The van der Waals surface area contributed by atoms with Gasteiger partial charge in [-0.1, -0.05) is 30.3 Å². The molecule has 0 aromatic heterocycles. The number of benzene rings is 1. The zero-order chi connectivity index (χ0) is 14.6. The molecule has 0 bridgehead atoms. The summed E-state index contributed by atoms with van der Waals surface area (Å²) >= 11 is 0. The number of primary amides is 1. The van der Waals surface area contributed by atoms with Gasteiger partial charge in [-0.15, -0.1) is 0 Å². The number of ether oxygens (including phenoxy) is 1. The summed E-state index contributed by atoms with van der Waals surface area (Å²) in [4.78, 5) is 24.9. The van der Waals surface area contributed by atoms with Gasteiger partial charge in [0.25, 0.3) is 0 Å². The molecule has 20 heavy (non-hydrogen) atoms. The summed E-state index contributed by atoms with van der Waals surface area (Å²) in [6.07, 6.45) is 1.17. The maximum absolute atomic E-state index is 12.2. The standard InChI is InChI=1S/C15H20N2O3/c1-15(7-9-17(10-8-15)14(16)19)13(18)20-11-12-5-3-2-4-6-12/h2-6H,7-11H2,1H3,(H2,16,19). The van der Waals surface area contributed by atoms with Crippen LogP contribution in [-0.2, 0) is 16.1 Å². The largest absolute Gasteiger partial charge is 0.460 e. The Morgan fingerprint density at radius 3 is 2.40 bits per heavy atom. The lowest BCUT2D eigenvalue weighted by Crippen LogP contribution is -2.47. The summed E-state index contributed by atoms with van der Waals surface area (Å²) in [7, 11) is 0. The molecular formula is C15H20N2O3. The van der Waals surface area contributed by atoms with Gasteiger partial charge in [-0.3, -0.25) is 4.79 Å². The van der Waals surface area contributed by atoms with Crippen LogP contribution in [0.1, 0.15) is 25.3 Å². The Bertz CT molecular complexity index is 479. The van der Waals surface area contributed by atoms with E-state index < -0.39 is 11.4 Å². The Morgan fingerprint density at radius 1 is 1.25 bits per heavy atom. The van der Waals surface area contributed by atoms with Crippen molar-refractivity contribution in [2.24, 2.45) is 11.1 Å². The lowest BCUT2D eigenvalue weighted by atomic mass is 9.80. The third-order valence-corrected chi connectivity index (χ3v) is 3.88. The Hall–Kier alpha value is -2.04. The molecule has 1 fully saturated rings. The first-order valence-corrected chi connectivity index (χ1v) is 6.77. The molecule has 108 valence electrons. The monoisotopic (exact) mass is 276 g/mol. The number of hydrogen-bond donors (Lipinski definition) is 1. The fourth-order valence-corrected chi connectivity index (χ4v) is 2.32. The third-order valence-electron chi connectivity index (χ3n) is 3.88. The maximum Gasteiger partial charge on any atom is 0.314 e. The van der Waals surface area contributed by atoms with Crippen molar-refractivity contribution < 1.29 is 14.3 Å². The normalized spacial score (nSPS) is 17.6. The summed E-state index contributed by atoms with van der Waals surface area (Å²) in [5.74, 6) is -0.203. The molecule has 1 aromatic carbocycles. The van der Waals surface area contributed by atoms with E-state index in [1.165, 1.54) is 0 Å². The van der Waals surface area contributed by atoms with Gasteiger partial charge in [0.15, 0.2) is 0 Å². The first kappa shape index (κ1) is 14.4. The fraction of sp³-hybridized carbons (Fsp3) is 0.467.